The molecule has 2 rings (SSSR count). The topological polar surface area (TPSA) is 116 Å². The minimum absolute atomic E-state index is 0.0248. The number of hydrogen-bond donors (Lipinski definition) is 0. The van der Waals surface area contributed by atoms with Crippen molar-refractivity contribution in [1.29, 1.82) is 0 Å². The largest absolute Gasteiger partial charge is 0.393 e. The van der Waals surface area contributed by atoms with Gasteiger partial charge in [-0.2, -0.15) is 18.3 Å². The predicted molar refractivity (Wildman–Crippen MR) is 119 cm³/mol. The van der Waals surface area contributed by atoms with Crippen LogP contribution in [0.1, 0.15) is 13.3 Å². The summed E-state index contributed by atoms with van der Waals surface area (Å²) in [5, 5.41) is 7.64. The second-order valence-electron chi connectivity index (χ2n) is 6.83. The molecule has 0 aromatic carbocycles. The van der Waals surface area contributed by atoms with Crippen molar-refractivity contribution in [2.45, 2.75) is 19.5 Å². The minimum Gasteiger partial charge on any atom is -0.393 e. The van der Waals surface area contributed by atoms with Crippen LogP contribution in [-0.4, -0.2) is 79.4 Å². The number of carbonyl (C=O) groups excluding carboxylic acids is 1. The van der Waals surface area contributed by atoms with Gasteiger partial charge in [-0.1, -0.05) is 16.8 Å². The Labute approximate surface area is 199 Å². The highest BCUT2D eigenvalue weighted by Gasteiger charge is 2.33. The standard InChI is InChI=1S/C19H23ClF3N5O5S/c1-3-27(16-12-28(25-17(16)20)14-5-4-7-24-11-14)18(29)15(26-33-9-8-32-2)13-34(30,31)10-6-19(21,22)23/h4-5,7,11-12H,3,6,8-10,13H2,1-2H3. The maximum Gasteiger partial charge on any atom is 0.390 e. The Morgan fingerprint density at radius 2 is 2.06 bits per heavy atom. The molecule has 0 N–H and O–H groups in total. The number of oxime groups is 1. The van der Waals surface area contributed by atoms with Crippen molar-refractivity contribution in [3.8, 4) is 5.69 Å². The van der Waals surface area contributed by atoms with Gasteiger partial charge in [0.2, 0.25) is 0 Å². The van der Waals surface area contributed by atoms with Gasteiger partial charge in [0.25, 0.3) is 5.91 Å². The molecule has 2 aromatic rings. The Balaban J connectivity index is 2.33. The van der Waals surface area contributed by atoms with Crippen LogP contribution in [0.25, 0.3) is 5.69 Å². The van der Waals surface area contributed by atoms with E-state index in [1.165, 1.54) is 24.2 Å². The number of halogens is 4. The highest BCUT2D eigenvalue weighted by atomic mass is 35.5. The molecule has 0 atom stereocenters. The van der Waals surface area contributed by atoms with Crippen molar-refractivity contribution >= 4 is 38.7 Å². The van der Waals surface area contributed by atoms with Gasteiger partial charge in [0.05, 0.1) is 36.9 Å². The third kappa shape index (κ3) is 8.25. The van der Waals surface area contributed by atoms with Crippen molar-refractivity contribution in [3.63, 3.8) is 0 Å². The summed E-state index contributed by atoms with van der Waals surface area (Å²) in [6, 6.07) is 3.36. The Hall–Kier alpha value is -2.71. The number of aromatic nitrogens is 3. The monoisotopic (exact) mass is 525 g/mol. The first-order chi connectivity index (χ1) is 16.0. The summed E-state index contributed by atoms with van der Waals surface area (Å²) >= 11 is 6.22. The molecule has 10 nitrogen and oxygen atoms in total. The number of carbonyl (C=O) groups is 1. The number of ether oxygens (including phenoxy) is 1. The van der Waals surface area contributed by atoms with Gasteiger partial charge in [0.15, 0.2) is 20.7 Å². The van der Waals surface area contributed by atoms with Crippen molar-refractivity contribution in [1.82, 2.24) is 14.8 Å². The molecule has 2 heterocycles. The van der Waals surface area contributed by atoms with Gasteiger partial charge in [-0.25, -0.2) is 13.1 Å². The molecule has 0 saturated heterocycles. The first-order valence-corrected chi connectivity index (χ1v) is 12.1. The predicted octanol–water partition coefficient (Wildman–Crippen LogP) is 2.66. The normalized spacial score (nSPS) is 12.6. The van der Waals surface area contributed by atoms with E-state index < -0.39 is 45.6 Å². The molecule has 15 heteroatoms. The number of anilines is 1. The quantitative estimate of drug-likeness (QED) is 0.237. The summed E-state index contributed by atoms with van der Waals surface area (Å²) in [6.07, 6.45) is -1.73. The van der Waals surface area contributed by atoms with E-state index in [1.807, 2.05) is 0 Å². The molecular formula is C19H23ClF3N5O5S. The second-order valence-corrected chi connectivity index (χ2v) is 9.37. The number of rotatable bonds is 12. The van der Waals surface area contributed by atoms with E-state index in [0.717, 1.165) is 4.90 Å². The Morgan fingerprint density at radius 3 is 2.65 bits per heavy atom. The van der Waals surface area contributed by atoms with E-state index >= 15 is 0 Å². The van der Waals surface area contributed by atoms with Crippen LogP contribution in [-0.2, 0) is 24.2 Å². The van der Waals surface area contributed by atoms with Crippen LogP contribution in [0.5, 0.6) is 0 Å². The third-order valence-electron chi connectivity index (χ3n) is 4.27. The van der Waals surface area contributed by atoms with Gasteiger partial charge < -0.3 is 14.5 Å². The number of alkyl halides is 3. The van der Waals surface area contributed by atoms with Crippen LogP contribution >= 0.6 is 11.6 Å². The summed E-state index contributed by atoms with van der Waals surface area (Å²) in [5.74, 6) is -3.17. The number of hydrogen-bond acceptors (Lipinski definition) is 8. The zero-order valence-corrected chi connectivity index (χ0v) is 19.9. The lowest BCUT2D eigenvalue weighted by molar-refractivity contribution is -0.129. The van der Waals surface area contributed by atoms with Crippen LogP contribution < -0.4 is 4.90 Å². The lowest BCUT2D eigenvalue weighted by Gasteiger charge is -2.20. The number of sulfone groups is 1. The highest BCUT2D eigenvalue weighted by Crippen LogP contribution is 2.26. The van der Waals surface area contributed by atoms with Gasteiger partial charge in [0, 0.05) is 19.9 Å². The second kappa shape index (κ2) is 12.1. The van der Waals surface area contributed by atoms with Crippen LogP contribution in [0.15, 0.2) is 35.9 Å². The zero-order chi connectivity index (χ0) is 25.4. The van der Waals surface area contributed by atoms with Crippen molar-refractivity contribution in [3.05, 3.63) is 35.9 Å². The van der Waals surface area contributed by atoms with Gasteiger partial charge >= 0.3 is 6.18 Å². The molecule has 0 radical (unpaired) electrons. The fraction of sp³-hybridized carbons (Fsp3) is 0.474. The molecule has 0 aliphatic carbocycles. The zero-order valence-electron chi connectivity index (χ0n) is 18.3. The number of amides is 1. The molecule has 34 heavy (non-hydrogen) atoms. The summed E-state index contributed by atoms with van der Waals surface area (Å²) < 4.78 is 68.3. The number of methoxy groups -OCH3 is 1. The summed E-state index contributed by atoms with van der Waals surface area (Å²) in [7, 11) is -2.95. The van der Waals surface area contributed by atoms with Crippen molar-refractivity contribution in [2.24, 2.45) is 5.16 Å². The fourth-order valence-corrected chi connectivity index (χ4v) is 4.16. The van der Waals surface area contributed by atoms with E-state index in [1.54, 1.807) is 25.3 Å². The van der Waals surface area contributed by atoms with E-state index in [2.05, 4.69) is 15.2 Å². The average Bonchev–Trinajstić information content (AvgIpc) is 3.16. The molecule has 0 fully saturated rings. The van der Waals surface area contributed by atoms with Gasteiger partial charge in [-0.3, -0.25) is 9.78 Å². The number of pyridine rings is 1. The van der Waals surface area contributed by atoms with Crippen LogP contribution in [0.2, 0.25) is 5.15 Å². The summed E-state index contributed by atoms with van der Waals surface area (Å²) in [6.45, 7) is 1.60. The average molecular weight is 526 g/mol. The molecular weight excluding hydrogens is 503 g/mol. The van der Waals surface area contributed by atoms with E-state index in [4.69, 9.17) is 21.2 Å². The molecule has 0 bridgehead atoms. The maximum atomic E-state index is 13.2. The van der Waals surface area contributed by atoms with Crippen molar-refractivity contribution < 1.29 is 36.0 Å². The Morgan fingerprint density at radius 1 is 1.32 bits per heavy atom. The van der Waals surface area contributed by atoms with Gasteiger partial charge in [0.1, 0.15) is 18.0 Å². The molecule has 1 amide bonds. The maximum absolute atomic E-state index is 13.2. The molecule has 0 aliphatic heterocycles. The lowest BCUT2D eigenvalue weighted by Crippen LogP contribution is -2.40. The lowest BCUT2D eigenvalue weighted by atomic mass is 10.3. The molecule has 0 saturated carbocycles. The van der Waals surface area contributed by atoms with Crippen LogP contribution in [0.3, 0.4) is 0 Å². The fourth-order valence-electron chi connectivity index (χ4n) is 2.65. The molecule has 0 unspecified atom stereocenters. The molecule has 0 spiro atoms. The molecule has 2 aromatic heterocycles. The number of nitrogens with zero attached hydrogens (tertiary/aromatic N) is 5. The first-order valence-electron chi connectivity index (χ1n) is 9.89. The van der Waals surface area contributed by atoms with Gasteiger partial charge in [-0.15, -0.1) is 0 Å². The van der Waals surface area contributed by atoms with E-state index in [-0.39, 0.29) is 30.6 Å². The van der Waals surface area contributed by atoms with Gasteiger partial charge in [-0.05, 0) is 19.1 Å². The molecule has 188 valence electrons. The summed E-state index contributed by atoms with van der Waals surface area (Å²) in [4.78, 5) is 23.2. The van der Waals surface area contributed by atoms with Crippen molar-refractivity contribution in [2.75, 3.05) is 43.3 Å². The third-order valence-corrected chi connectivity index (χ3v) is 6.08. The first kappa shape index (κ1) is 27.5. The Kier molecular flexibility index (Phi) is 9.82. The smallest absolute Gasteiger partial charge is 0.390 e. The minimum atomic E-state index is -4.67. The SMILES string of the molecule is CCN(C(=O)C(CS(=O)(=O)CCC(F)(F)F)=NOCCOC)c1cn(-c2cccnc2)nc1Cl. The van der Waals surface area contributed by atoms with Crippen LogP contribution in [0.4, 0.5) is 18.9 Å². The highest BCUT2D eigenvalue weighted by molar-refractivity contribution is 7.92. The van der Waals surface area contributed by atoms with E-state index in [9.17, 15) is 26.4 Å². The molecule has 0 aliphatic rings. The Bertz CT molecular complexity index is 1090. The van der Waals surface area contributed by atoms with E-state index in [0.29, 0.717) is 5.69 Å². The summed E-state index contributed by atoms with van der Waals surface area (Å²) in [5.41, 5.74) is 0.0753. The van der Waals surface area contributed by atoms with Crippen LogP contribution in [0, 0.1) is 0 Å².